The number of nitrogens with zero attached hydrogens (tertiary/aromatic N) is 1. The number of halogens is 1. The molecule has 3 aromatic rings. The van der Waals surface area contributed by atoms with Gasteiger partial charge in [0, 0.05) is 21.8 Å². The minimum Gasteiger partial charge on any atom is -0.345 e. The molecule has 0 saturated heterocycles. The normalized spacial score (nSPS) is 15.1. The third-order valence-corrected chi connectivity index (χ3v) is 6.44. The Morgan fingerprint density at radius 3 is 2.37 bits per heavy atom. The molecular formula is C22H18ClN3O3S. The molecule has 2 N–H and O–H groups in total. The van der Waals surface area contributed by atoms with Gasteiger partial charge in [-0.25, -0.2) is 0 Å². The summed E-state index contributed by atoms with van der Waals surface area (Å²) in [5.41, 5.74) is 2.45. The van der Waals surface area contributed by atoms with Crippen LogP contribution in [0.15, 0.2) is 82.1 Å². The zero-order chi connectivity index (χ0) is 21.3. The van der Waals surface area contributed by atoms with Crippen molar-refractivity contribution in [3.8, 4) is 0 Å². The second-order valence-corrected chi connectivity index (χ2v) is 8.81. The van der Waals surface area contributed by atoms with Crippen LogP contribution in [0.1, 0.15) is 34.5 Å². The molecule has 1 unspecified atom stereocenters. The van der Waals surface area contributed by atoms with Crippen molar-refractivity contribution in [1.82, 2.24) is 5.32 Å². The first-order valence-electron chi connectivity index (χ1n) is 9.22. The second-order valence-electron chi connectivity index (χ2n) is 6.83. The molecular weight excluding hydrogens is 422 g/mol. The Balaban J connectivity index is 1.47. The summed E-state index contributed by atoms with van der Waals surface area (Å²) in [6, 6.07) is 20.5. The van der Waals surface area contributed by atoms with Gasteiger partial charge in [-0.15, -0.1) is 4.40 Å². The quantitative estimate of drug-likeness (QED) is 0.631. The van der Waals surface area contributed by atoms with Crippen molar-refractivity contribution in [2.75, 3.05) is 5.32 Å². The van der Waals surface area contributed by atoms with Crippen LogP contribution >= 0.6 is 11.6 Å². The van der Waals surface area contributed by atoms with Crippen LogP contribution in [0, 0.1) is 0 Å². The molecule has 4 rings (SSSR count). The van der Waals surface area contributed by atoms with Crippen molar-refractivity contribution in [1.29, 1.82) is 0 Å². The molecule has 0 aromatic heterocycles. The van der Waals surface area contributed by atoms with Gasteiger partial charge in [-0.05, 0) is 55.0 Å². The Morgan fingerprint density at radius 2 is 1.63 bits per heavy atom. The van der Waals surface area contributed by atoms with E-state index < -0.39 is 10.0 Å². The third-order valence-electron chi connectivity index (χ3n) is 4.76. The third kappa shape index (κ3) is 3.94. The standard InChI is InChI=1S/C22H18ClN3O3S/c1-14(17-6-2-4-8-19(17)23)24-22(27)15-10-12-16(13-11-15)25-21-18-7-3-5-9-20(18)30(28,29)26-21/h2-14H,1H3,(H,24,27)(H,25,26). The Bertz CT molecular complexity index is 1250. The van der Waals surface area contributed by atoms with Gasteiger partial charge in [0.1, 0.15) is 4.90 Å². The molecule has 6 nitrogen and oxygen atoms in total. The molecule has 0 radical (unpaired) electrons. The number of rotatable bonds is 4. The maximum absolute atomic E-state index is 12.6. The summed E-state index contributed by atoms with van der Waals surface area (Å²) in [5, 5.41) is 6.53. The molecule has 8 heteroatoms. The number of anilines is 1. The number of carbonyl (C=O) groups excluding carboxylic acids is 1. The molecule has 1 aliphatic heterocycles. The van der Waals surface area contributed by atoms with Crippen LogP contribution in [-0.4, -0.2) is 20.2 Å². The van der Waals surface area contributed by atoms with E-state index in [1.54, 1.807) is 48.5 Å². The molecule has 0 spiro atoms. The van der Waals surface area contributed by atoms with E-state index in [1.807, 2.05) is 25.1 Å². The van der Waals surface area contributed by atoms with E-state index in [0.29, 0.717) is 21.8 Å². The Kier molecular flexibility index (Phi) is 5.32. The van der Waals surface area contributed by atoms with Crippen molar-refractivity contribution in [3.05, 3.63) is 94.5 Å². The number of amidine groups is 1. The molecule has 3 aromatic carbocycles. The number of amides is 1. The molecule has 152 valence electrons. The van der Waals surface area contributed by atoms with Crippen molar-refractivity contribution in [2.24, 2.45) is 4.40 Å². The lowest BCUT2D eigenvalue weighted by Crippen LogP contribution is -2.26. The molecule has 1 atom stereocenters. The summed E-state index contributed by atoms with van der Waals surface area (Å²) in [6.45, 7) is 1.87. The highest BCUT2D eigenvalue weighted by Gasteiger charge is 2.28. The highest BCUT2D eigenvalue weighted by molar-refractivity contribution is 7.90. The van der Waals surface area contributed by atoms with Gasteiger partial charge in [0.15, 0.2) is 5.84 Å². The Morgan fingerprint density at radius 1 is 0.967 bits per heavy atom. The van der Waals surface area contributed by atoms with Gasteiger partial charge in [0.2, 0.25) is 0 Å². The predicted molar refractivity (Wildman–Crippen MR) is 118 cm³/mol. The summed E-state index contributed by atoms with van der Waals surface area (Å²) < 4.78 is 28.1. The average Bonchev–Trinajstić information content (AvgIpc) is 2.99. The van der Waals surface area contributed by atoms with E-state index in [0.717, 1.165) is 5.56 Å². The number of sulfonamides is 1. The summed E-state index contributed by atoms with van der Waals surface area (Å²) >= 11 is 6.19. The number of fused-ring (bicyclic) bond motifs is 1. The summed E-state index contributed by atoms with van der Waals surface area (Å²) in [6.07, 6.45) is 0. The lowest BCUT2D eigenvalue weighted by atomic mass is 10.1. The van der Waals surface area contributed by atoms with Gasteiger partial charge in [-0.3, -0.25) is 4.79 Å². The molecule has 0 bridgehead atoms. The molecule has 1 heterocycles. The van der Waals surface area contributed by atoms with Gasteiger partial charge in [-0.1, -0.05) is 41.9 Å². The van der Waals surface area contributed by atoms with Gasteiger partial charge in [-0.2, -0.15) is 8.42 Å². The number of carbonyl (C=O) groups is 1. The van der Waals surface area contributed by atoms with Crippen LogP contribution in [0.3, 0.4) is 0 Å². The monoisotopic (exact) mass is 439 g/mol. The van der Waals surface area contributed by atoms with E-state index in [-0.39, 0.29) is 22.7 Å². The molecule has 30 heavy (non-hydrogen) atoms. The summed E-state index contributed by atoms with van der Waals surface area (Å²) in [4.78, 5) is 12.7. The Labute approximate surface area is 179 Å². The molecule has 0 aliphatic carbocycles. The fraction of sp³-hybridized carbons (Fsp3) is 0.0909. The maximum atomic E-state index is 12.6. The molecule has 0 fully saturated rings. The number of nitrogens with one attached hydrogen (secondary N) is 2. The lowest BCUT2D eigenvalue weighted by Gasteiger charge is -2.16. The molecule has 1 aliphatic rings. The first-order chi connectivity index (χ1) is 14.3. The van der Waals surface area contributed by atoms with Crippen molar-refractivity contribution < 1.29 is 13.2 Å². The first kappa shape index (κ1) is 20.1. The van der Waals surface area contributed by atoms with E-state index in [1.165, 1.54) is 6.07 Å². The van der Waals surface area contributed by atoms with Crippen LogP contribution < -0.4 is 10.6 Å². The fourth-order valence-corrected chi connectivity index (χ4v) is 4.70. The van der Waals surface area contributed by atoms with Gasteiger partial charge in [0.25, 0.3) is 15.9 Å². The van der Waals surface area contributed by atoms with Gasteiger partial charge < -0.3 is 10.6 Å². The highest BCUT2D eigenvalue weighted by atomic mass is 35.5. The largest absolute Gasteiger partial charge is 0.345 e. The topological polar surface area (TPSA) is 87.6 Å². The molecule has 0 saturated carbocycles. The average molecular weight is 440 g/mol. The molecule has 1 amide bonds. The zero-order valence-corrected chi connectivity index (χ0v) is 17.5. The van der Waals surface area contributed by atoms with Crippen LogP contribution in [0.5, 0.6) is 0 Å². The second kappa shape index (κ2) is 7.93. The van der Waals surface area contributed by atoms with E-state index in [2.05, 4.69) is 15.0 Å². The first-order valence-corrected chi connectivity index (χ1v) is 11.0. The zero-order valence-electron chi connectivity index (χ0n) is 16.0. The summed E-state index contributed by atoms with van der Waals surface area (Å²) in [5.74, 6) is 0.0234. The van der Waals surface area contributed by atoms with Gasteiger partial charge in [0.05, 0.1) is 6.04 Å². The SMILES string of the molecule is CC(NC(=O)c1ccc(NC2=NS(=O)(=O)c3ccccc32)cc1)c1ccccc1Cl. The number of hydrogen-bond acceptors (Lipinski definition) is 4. The van der Waals surface area contributed by atoms with E-state index in [9.17, 15) is 13.2 Å². The van der Waals surface area contributed by atoms with Crippen LogP contribution in [0.2, 0.25) is 5.02 Å². The predicted octanol–water partition coefficient (Wildman–Crippen LogP) is 4.39. The number of benzene rings is 3. The van der Waals surface area contributed by atoms with E-state index in [4.69, 9.17) is 11.6 Å². The maximum Gasteiger partial charge on any atom is 0.285 e. The van der Waals surface area contributed by atoms with Crippen LogP contribution in [0.25, 0.3) is 0 Å². The fourth-order valence-electron chi connectivity index (χ4n) is 3.22. The Hall–Kier alpha value is -3.16. The highest BCUT2D eigenvalue weighted by Crippen LogP contribution is 2.27. The minimum atomic E-state index is -3.69. The van der Waals surface area contributed by atoms with Crippen LogP contribution in [-0.2, 0) is 10.0 Å². The number of hydrogen-bond donors (Lipinski definition) is 2. The van der Waals surface area contributed by atoms with Crippen molar-refractivity contribution in [2.45, 2.75) is 17.9 Å². The van der Waals surface area contributed by atoms with Gasteiger partial charge >= 0.3 is 0 Å². The summed E-state index contributed by atoms with van der Waals surface area (Å²) in [7, 11) is -3.69. The van der Waals surface area contributed by atoms with E-state index >= 15 is 0 Å². The smallest absolute Gasteiger partial charge is 0.285 e. The lowest BCUT2D eigenvalue weighted by molar-refractivity contribution is 0.0940. The van der Waals surface area contributed by atoms with Crippen molar-refractivity contribution >= 4 is 39.1 Å². The van der Waals surface area contributed by atoms with Crippen LogP contribution in [0.4, 0.5) is 5.69 Å². The van der Waals surface area contributed by atoms with Crippen molar-refractivity contribution in [3.63, 3.8) is 0 Å². The minimum absolute atomic E-state index is 0.178.